The van der Waals surface area contributed by atoms with Gasteiger partial charge in [-0.05, 0) is 18.6 Å². The predicted molar refractivity (Wildman–Crippen MR) is 78.8 cm³/mol. The van der Waals surface area contributed by atoms with Crippen LogP contribution < -0.4 is 0 Å². The number of urea groups is 1. The van der Waals surface area contributed by atoms with Gasteiger partial charge in [0.05, 0.1) is 24.0 Å². The Balaban J connectivity index is 1.83. The molecule has 8 nitrogen and oxygen atoms in total. The SMILES string of the molecule is CN1C(=O)N2CC(n3ccc(S(=O)(=O)CCCO)n3)=CC1C2. The summed E-state index contributed by atoms with van der Waals surface area (Å²) < 4.78 is 25.6. The second-order valence-corrected chi connectivity index (χ2v) is 7.55. The molecule has 1 N–H and O–H groups in total. The molecule has 120 valence electrons. The third-order valence-electron chi connectivity index (χ3n) is 3.96. The van der Waals surface area contributed by atoms with E-state index in [1.165, 1.54) is 10.7 Å². The Morgan fingerprint density at radius 1 is 1.45 bits per heavy atom. The van der Waals surface area contributed by atoms with E-state index in [1.54, 1.807) is 23.0 Å². The van der Waals surface area contributed by atoms with Crippen LogP contribution in [0.1, 0.15) is 6.42 Å². The van der Waals surface area contributed by atoms with Crippen LogP contribution in [0.2, 0.25) is 0 Å². The number of sulfone groups is 1. The molecule has 1 unspecified atom stereocenters. The number of carbonyl (C=O) groups excluding carboxylic acids is 1. The van der Waals surface area contributed by atoms with Crippen molar-refractivity contribution in [3.8, 4) is 0 Å². The lowest BCUT2D eigenvalue weighted by atomic mass is 10.2. The normalized spacial score (nSPS) is 21.5. The molecule has 2 bridgehead atoms. The molecule has 2 amide bonds. The molecule has 0 aromatic carbocycles. The molecule has 9 heteroatoms. The number of nitrogens with zero attached hydrogens (tertiary/aromatic N) is 4. The number of aliphatic hydroxyl groups is 1. The highest BCUT2D eigenvalue weighted by Crippen LogP contribution is 2.25. The number of hydrogen-bond acceptors (Lipinski definition) is 5. The summed E-state index contributed by atoms with van der Waals surface area (Å²) in [6, 6.07) is 1.42. The molecule has 0 saturated carbocycles. The van der Waals surface area contributed by atoms with Crippen molar-refractivity contribution in [3.63, 3.8) is 0 Å². The van der Waals surface area contributed by atoms with Crippen LogP contribution in [-0.2, 0) is 9.84 Å². The Morgan fingerprint density at radius 3 is 2.91 bits per heavy atom. The van der Waals surface area contributed by atoms with Crippen molar-refractivity contribution >= 4 is 21.6 Å². The Morgan fingerprint density at radius 2 is 2.23 bits per heavy atom. The zero-order valence-corrected chi connectivity index (χ0v) is 13.0. The highest BCUT2D eigenvalue weighted by molar-refractivity contribution is 7.91. The Hall–Kier alpha value is -1.87. The summed E-state index contributed by atoms with van der Waals surface area (Å²) in [7, 11) is -1.73. The van der Waals surface area contributed by atoms with Crippen molar-refractivity contribution in [2.75, 3.05) is 32.5 Å². The summed E-state index contributed by atoms with van der Waals surface area (Å²) in [5, 5.41) is 12.9. The summed E-state index contributed by atoms with van der Waals surface area (Å²) in [5.41, 5.74) is 0.789. The molecular weight excluding hydrogens is 308 g/mol. The lowest BCUT2D eigenvalue weighted by molar-refractivity contribution is 0.201. The molecule has 2 aliphatic heterocycles. The van der Waals surface area contributed by atoms with Crippen LogP contribution in [0.3, 0.4) is 0 Å². The van der Waals surface area contributed by atoms with Gasteiger partial charge in [0.2, 0.25) is 0 Å². The largest absolute Gasteiger partial charge is 0.396 e. The van der Waals surface area contributed by atoms with E-state index in [0.717, 1.165) is 5.70 Å². The average molecular weight is 326 g/mol. The van der Waals surface area contributed by atoms with E-state index in [4.69, 9.17) is 5.11 Å². The van der Waals surface area contributed by atoms with E-state index in [-0.39, 0.29) is 35.9 Å². The molecule has 1 fully saturated rings. The first-order valence-corrected chi connectivity index (χ1v) is 8.70. The van der Waals surface area contributed by atoms with Crippen LogP contribution in [-0.4, -0.2) is 77.7 Å². The van der Waals surface area contributed by atoms with Crippen molar-refractivity contribution in [2.45, 2.75) is 17.5 Å². The lowest BCUT2D eigenvalue weighted by Gasteiger charge is -2.21. The van der Waals surface area contributed by atoms with Gasteiger partial charge in [-0.2, -0.15) is 5.10 Å². The average Bonchev–Trinajstić information content (AvgIpc) is 3.07. The van der Waals surface area contributed by atoms with Gasteiger partial charge in [0, 0.05) is 26.4 Å². The van der Waals surface area contributed by atoms with Gasteiger partial charge in [-0.3, -0.25) is 0 Å². The number of amides is 2. The fourth-order valence-corrected chi connectivity index (χ4v) is 3.90. The van der Waals surface area contributed by atoms with E-state index < -0.39 is 9.84 Å². The molecule has 22 heavy (non-hydrogen) atoms. The summed E-state index contributed by atoms with van der Waals surface area (Å²) in [6.45, 7) is 0.898. The maximum absolute atomic E-state index is 12.1. The highest BCUT2D eigenvalue weighted by Gasteiger charge is 2.37. The number of fused-ring (bicyclic) bond motifs is 2. The van der Waals surface area contributed by atoms with Crippen LogP contribution in [0.15, 0.2) is 23.4 Å². The topological polar surface area (TPSA) is 95.7 Å². The lowest BCUT2D eigenvalue weighted by Crippen LogP contribution is -2.31. The van der Waals surface area contributed by atoms with E-state index in [0.29, 0.717) is 13.1 Å². The van der Waals surface area contributed by atoms with Gasteiger partial charge in [0.25, 0.3) is 0 Å². The third-order valence-corrected chi connectivity index (χ3v) is 5.64. The van der Waals surface area contributed by atoms with Gasteiger partial charge in [0.1, 0.15) is 0 Å². The monoisotopic (exact) mass is 326 g/mol. The zero-order valence-electron chi connectivity index (χ0n) is 12.2. The maximum atomic E-state index is 12.1. The number of carbonyl (C=O) groups is 1. The van der Waals surface area contributed by atoms with Gasteiger partial charge in [-0.15, -0.1) is 0 Å². The molecule has 1 aromatic heterocycles. The van der Waals surface area contributed by atoms with Crippen molar-refractivity contribution in [1.29, 1.82) is 0 Å². The maximum Gasteiger partial charge on any atom is 0.320 e. The first kappa shape index (κ1) is 15.0. The number of rotatable bonds is 5. The molecule has 0 spiro atoms. The minimum Gasteiger partial charge on any atom is -0.396 e. The molecule has 3 heterocycles. The molecule has 0 aliphatic carbocycles. The fourth-order valence-electron chi connectivity index (χ4n) is 2.70. The quantitative estimate of drug-likeness (QED) is 0.796. The Kier molecular flexibility index (Phi) is 3.69. The molecule has 1 atom stereocenters. The van der Waals surface area contributed by atoms with E-state index >= 15 is 0 Å². The van der Waals surface area contributed by atoms with Crippen molar-refractivity contribution < 1.29 is 18.3 Å². The Bertz CT molecular complexity index is 724. The van der Waals surface area contributed by atoms with Crippen LogP contribution in [0, 0.1) is 0 Å². The first-order valence-electron chi connectivity index (χ1n) is 7.04. The molecule has 1 saturated heterocycles. The first-order chi connectivity index (χ1) is 10.4. The van der Waals surface area contributed by atoms with Gasteiger partial charge in [0.15, 0.2) is 14.9 Å². The van der Waals surface area contributed by atoms with Gasteiger partial charge < -0.3 is 14.9 Å². The smallest absolute Gasteiger partial charge is 0.320 e. The molecule has 3 rings (SSSR count). The minimum absolute atomic E-state index is 0.00473. The summed E-state index contributed by atoms with van der Waals surface area (Å²) in [5.74, 6) is -0.129. The third kappa shape index (κ3) is 2.50. The number of aliphatic hydroxyl groups excluding tert-OH is 1. The van der Waals surface area contributed by atoms with Crippen molar-refractivity contribution in [2.24, 2.45) is 0 Å². The van der Waals surface area contributed by atoms with E-state index in [9.17, 15) is 13.2 Å². The second kappa shape index (κ2) is 5.40. The van der Waals surface area contributed by atoms with Crippen molar-refractivity contribution in [3.05, 3.63) is 18.3 Å². The molecule has 1 aromatic rings. The standard InChI is InChI=1S/C13H18N4O4S/c1-15-10-7-11(9-16(8-10)13(15)19)17-4-3-12(14-17)22(20,21)6-2-5-18/h3-4,7,10,18H,2,5-6,8-9H2,1H3. The molecule has 0 radical (unpaired) electrons. The summed E-state index contributed by atoms with van der Waals surface area (Å²) >= 11 is 0. The highest BCUT2D eigenvalue weighted by atomic mass is 32.2. The van der Waals surface area contributed by atoms with Gasteiger partial charge in [-0.1, -0.05) is 0 Å². The zero-order chi connectivity index (χ0) is 15.9. The fraction of sp³-hybridized carbons (Fsp3) is 0.538. The molecule has 2 aliphatic rings. The number of hydrogen-bond donors (Lipinski definition) is 1. The van der Waals surface area contributed by atoms with Crippen molar-refractivity contribution in [1.82, 2.24) is 19.6 Å². The van der Waals surface area contributed by atoms with Gasteiger partial charge in [-0.25, -0.2) is 17.9 Å². The van der Waals surface area contributed by atoms with Gasteiger partial charge >= 0.3 is 6.03 Å². The summed E-state index contributed by atoms with van der Waals surface area (Å²) in [4.78, 5) is 15.3. The van der Waals surface area contributed by atoms with E-state index in [1.807, 2.05) is 6.08 Å². The van der Waals surface area contributed by atoms with Crippen LogP contribution in [0.5, 0.6) is 0 Å². The second-order valence-electron chi connectivity index (χ2n) is 5.49. The van der Waals surface area contributed by atoms with Crippen LogP contribution in [0.4, 0.5) is 4.79 Å². The predicted octanol–water partition coefficient (Wildman–Crippen LogP) is -0.370. The number of aromatic nitrogens is 2. The Labute approximate surface area is 128 Å². The van der Waals surface area contributed by atoms with Crippen LogP contribution in [0.25, 0.3) is 5.70 Å². The minimum atomic E-state index is -3.48. The summed E-state index contributed by atoms with van der Waals surface area (Å²) in [6.07, 6.45) is 3.72. The molecular formula is C13H18N4O4S. The van der Waals surface area contributed by atoms with Crippen LogP contribution >= 0.6 is 0 Å². The van der Waals surface area contributed by atoms with E-state index in [2.05, 4.69) is 5.10 Å². The number of likely N-dealkylation sites (N-methyl/N-ethyl adjacent to an activating group) is 1.